The number of rotatable bonds is 5. The maximum absolute atomic E-state index is 12.3. The van der Waals surface area contributed by atoms with Crippen LogP contribution >= 0.6 is 0 Å². The third kappa shape index (κ3) is 4.26. The van der Waals surface area contributed by atoms with Crippen molar-refractivity contribution in [2.24, 2.45) is 5.10 Å². The molecule has 0 saturated carbocycles. The molecule has 3 aromatic rings. The Hall–Kier alpha value is -3.54. The number of hydrazone groups is 1. The van der Waals surface area contributed by atoms with Crippen LogP contribution in [0, 0.1) is 0 Å². The van der Waals surface area contributed by atoms with E-state index in [9.17, 15) is 9.59 Å². The van der Waals surface area contributed by atoms with Crippen molar-refractivity contribution in [1.29, 1.82) is 0 Å². The summed E-state index contributed by atoms with van der Waals surface area (Å²) in [5.41, 5.74) is 3.77. The van der Waals surface area contributed by atoms with Crippen molar-refractivity contribution >= 4 is 29.1 Å². The molecule has 0 saturated heterocycles. The molecule has 6 heteroatoms. The van der Waals surface area contributed by atoms with Gasteiger partial charge in [-0.15, -0.1) is 0 Å². The summed E-state index contributed by atoms with van der Waals surface area (Å²) >= 11 is 0. The van der Waals surface area contributed by atoms with Crippen molar-refractivity contribution in [2.45, 2.75) is 6.54 Å². The monoisotopic (exact) mass is 332 g/mol. The number of amides is 1. The van der Waals surface area contributed by atoms with Gasteiger partial charge < -0.3 is 0 Å². The van der Waals surface area contributed by atoms with E-state index in [1.54, 1.807) is 24.3 Å². The molecule has 0 atom stereocenters. The summed E-state index contributed by atoms with van der Waals surface area (Å²) in [7, 11) is 0. The zero-order valence-corrected chi connectivity index (χ0v) is 13.4. The molecule has 0 aliphatic carbocycles. The van der Waals surface area contributed by atoms with Crippen LogP contribution in [-0.4, -0.2) is 21.7 Å². The maximum atomic E-state index is 12.3. The fraction of sp³-hybridized carbons (Fsp3) is 0.0526. The number of hydrogen-bond donors (Lipinski definition) is 1. The standard InChI is InChI=1S/C19H16N4O2/c24-18(22-21-12-6-9-15-7-2-1-3-8-15)13-23-14-20-17-11-5-4-10-16(17)19(23)25/h1-12,14H,13H2,(H,22,24). The molecule has 0 radical (unpaired) electrons. The van der Waals surface area contributed by atoms with Crippen LogP contribution in [0.5, 0.6) is 0 Å². The molecule has 2 aromatic carbocycles. The second-order valence-corrected chi connectivity index (χ2v) is 5.28. The number of benzene rings is 2. The molecule has 3 rings (SSSR count). The van der Waals surface area contributed by atoms with Crippen LogP contribution in [0.1, 0.15) is 5.56 Å². The minimum atomic E-state index is -0.399. The highest BCUT2D eigenvalue weighted by atomic mass is 16.2. The van der Waals surface area contributed by atoms with Crippen molar-refractivity contribution < 1.29 is 4.79 Å². The molecular weight excluding hydrogens is 316 g/mol. The smallest absolute Gasteiger partial charge is 0.261 e. The molecule has 124 valence electrons. The summed E-state index contributed by atoms with van der Waals surface area (Å²) in [5.74, 6) is -0.399. The highest BCUT2D eigenvalue weighted by Crippen LogP contribution is 2.04. The number of carbonyl (C=O) groups is 1. The number of aromatic nitrogens is 2. The van der Waals surface area contributed by atoms with Gasteiger partial charge in [0.15, 0.2) is 0 Å². The van der Waals surface area contributed by atoms with E-state index < -0.39 is 5.91 Å². The van der Waals surface area contributed by atoms with Gasteiger partial charge in [0.05, 0.1) is 17.2 Å². The molecule has 1 amide bonds. The number of carbonyl (C=O) groups excluding carboxylic acids is 1. The van der Waals surface area contributed by atoms with Crippen molar-refractivity contribution in [1.82, 2.24) is 15.0 Å². The first-order valence-electron chi connectivity index (χ1n) is 7.72. The van der Waals surface area contributed by atoms with Gasteiger partial charge >= 0.3 is 0 Å². The van der Waals surface area contributed by atoms with Crippen LogP contribution in [0.3, 0.4) is 0 Å². The van der Waals surface area contributed by atoms with Crippen molar-refractivity contribution in [3.8, 4) is 0 Å². The first kappa shape index (κ1) is 16.3. The Labute approximate surface area is 144 Å². The van der Waals surface area contributed by atoms with Crippen molar-refractivity contribution in [2.75, 3.05) is 0 Å². The Balaban J connectivity index is 1.59. The molecule has 0 aliphatic heterocycles. The Bertz CT molecular complexity index is 991. The number of allylic oxidation sites excluding steroid dienone is 1. The van der Waals surface area contributed by atoms with E-state index in [0.29, 0.717) is 10.9 Å². The van der Waals surface area contributed by atoms with Gasteiger partial charge in [-0.2, -0.15) is 5.10 Å². The van der Waals surface area contributed by atoms with Gasteiger partial charge in [0.1, 0.15) is 6.54 Å². The number of para-hydroxylation sites is 1. The van der Waals surface area contributed by atoms with E-state index in [-0.39, 0.29) is 12.1 Å². The van der Waals surface area contributed by atoms with Crippen LogP contribution in [0.4, 0.5) is 0 Å². The van der Waals surface area contributed by atoms with Crippen LogP contribution in [0.2, 0.25) is 0 Å². The summed E-state index contributed by atoms with van der Waals surface area (Å²) in [4.78, 5) is 28.4. The lowest BCUT2D eigenvalue weighted by Crippen LogP contribution is -2.30. The van der Waals surface area contributed by atoms with Gasteiger partial charge in [-0.1, -0.05) is 48.5 Å². The number of nitrogens with zero attached hydrogens (tertiary/aromatic N) is 3. The molecule has 25 heavy (non-hydrogen) atoms. The summed E-state index contributed by atoms with van der Waals surface area (Å²) in [6, 6.07) is 16.8. The van der Waals surface area contributed by atoms with E-state index in [1.165, 1.54) is 17.1 Å². The minimum absolute atomic E-state index is 0.142. The molecule has 1 N–H and O–H groups in total. The zero-order chi connectivity index (χ0) is 17.5. The van der Waals surface area contributed by atoms with E-state index in [0.717, 1.165) is 5.56 Å². The van der Waals surface area contributed by atoms with Gasteiger partial charge in [0, 0.05) is 6.21 Å². The predicted molar refractivity (Wildman–Crippen MR) is 98.1 cm³/mol. The van der Waals surface area contributed by atoms with Crippen molar-refractivity contribution in [3.05, 3.63) is 82.9 Å². The summed E-state index contributed by atoms with van der Waals surface area (Å²) in [6.45, 7) is -0.142. The van der Waals surface area contributed by atoms with Crippen LogP contribution in [0.15, 0.2) is 76.9 Å². The van der Waals surface area contributed by atoms with E-state index in [2.05, 4.69) is 15.5 Å². The lowest BCUT2D eigenvalue weighted by atomic mass is 10.2. The van der Waals surface area contributed by atoms with Gasteiger partial charge in [0.2, 0.25) is 0 Å². The molecular formula is C19H16N4O2. The van der Waals surface area contributed by atoms with Gasteiger partial charge in [-0.25, -0.2) is 10.4 Å². The molecule has 0 fully saturated rings. The third-order valence-electron chi connectivity index (χ3n) is 3.48. The average molecular weight is 332 g/mol. The summed E-state index contributed by atoms with van der Waals surface area (Å²) < 4.78 is 1.26. The Morgan fingerprint density at radius 1 is 1.12 bits per heavy atom. The van der Waals surface area contributed by atoms with Crippen LogP contribution in [0.25, 0.3) is 17.0 Å². The molecule has 1 heterocycles. The number of fused-ring (bicyclic) bond motifs is 1. The number of nitrogens with one attached hydrogen (secondary N) is 1. The fourth-order valence-corrected chi connectivity index (χ4v) is 2.28. The normalized spacial score (nSPS) is 11.4. The fourth-order valence-electron chi connectivity index (χ4n) is 2.28. The van der Waals surface area contributed by atoms with Crippen LogP contribution in [-0.2, 0) is 11.3 Å². The van der Waals surface area contributed by atoms with Gasteiger partial charge in [-0.3, -0.25) is 14.2 Å². The lowest BCUT2D eigenvalue weighted by molar-refractivity contribution is -0.121. The maximum Gasteiger partial charge on any atom is 0.261 e. The first-order chi connectivity index (χ1) is 12.2. The molecule has 0 aliphatic rings. The topological polar surface area (TPSA) is 76.3 Å². The van der Waals surface area contributed by atoms with Crippen molar-refractivity contribution in [3.63, 3.8) is 0 Å². The SMILES string of the molecule is O=C(Cn1cnc2ccccc2c1=O)NN=CC=Cc1ccccc1. The van der Waals surface area contributed by atoms with E-state index in [4.69, 9.17) is 0 Å². The Morgan fingerprint density at radius 2 is 1.88 bits per heavy atom. The van der Waals surface area contributed by atoms with Crippen LogP contribution < -0.4 is 11.0 Å². The van der Waals surface area contributed by atoms with E-state index in [1.807, 2.05) is 42.5 Å². The number of hydrogen-bond acceptors (Lipinski definition) is 4. The molecule has 1 aromatic heterocycles. The Morgan fingerprint density at radius 3 is 2.72 bits per heavy atom. The Kier molecular flexibility index (Phi) is 5.11. The van der Waals surface area contributed by atoms with Gasteiger partial charge in [0.25, 0.3) is 11.5 Å². The lowest BCUT2D eigenvalue weighted by Gasteiger charge is -2.05. The minimum Gasteiger partial charge on any atom is -0.289 e. The third-order valence-corrected chi connectivity index (χ3v) is 3.48. The molecule has 0 unspecified atom stereocenters. The molecule has 0 bridgehead atoms. The predicted octanol–water partition coefficient (Wildman–Crippen LogP) is 2.21. The molecule has 0 spiro atoms. The highest BCUT2D eigenvalue weighted by molar-refractivity contribution is 5.81. The average Bonchev–Trinajstić information content (AvgIpc) is 2.65. The summed E-state index contributed by atoms with van der Waals surface area (Å²) in [5, 5.41) is 4.31. The van der Waals surface area contributed by atoms with E-state index >= 15 is 0 Å². The second kappa shape index (κ2) is 7.83. The molecule has 6 nitrogen and oxygen atoms in total. The quantitative estimate of drug-likeness (QED) is 0.575. The highest BCUT2D eigenvalue weighted by Gasteiger charge is 2.06. The largest absolute Gasteiger partial charge is 0.289 e. The van der Waals surface area contributed by atoms with Gasteiger partial charge in [-0.05, 0) is 23.8 Å². The summed E-state index contributed by atoms with van der Waals surface area (Å²) in [6.07, 6.45) is 6.43. The first-order valence-corrected chi connectivity index (χ1v) is 7.72. The second-order valence-electron chi connectivity index (χ2n) is 5.28. The zero-order valence-electron chi connectivity index (χ0n) is 13.4.